The van der Waals surface area contributed by atoms with Crippen molar-refractivity contribution in [2.75, 3.05) is 11.1 Å². The Morgan fingerprint density at radius 1 is 1.39 bits per heavy atom. The van der Waals surface area contributed by atoms with Crippen molar-refractivity contribution >= 4 is 17.3 Å². The number of hydrogen-bond acceptors (Lipinski definition) is 3. The van der Waals surface area contributed by atoms with E-state index in [-0.39, 0.29) is 5.91 Å². The standard InChI is InChI=1S/C13H12N4O/c1-17-8-10(15)6-12(17)13(18)16-11-4-2-9(7-14)3-5-11/h2-6,8H,15H2,1H3,(H,16,18). The van der Waals surface area contributed by atoms with Crippen LogP contribution in [0.15, 0.2) is 36.5 Å². The van der Waals surface area contributed by atoms with Gasteiger partial charge in [0, 0.05) is 18.9 Å². The molecule has 1 amide bonds. The van der Waals surface area contributed by atoms with Crippen LogP contribution >= 0.6 is 0 Å². The summed E-state index contributed by atoms with van der Waals surface area (Å²) in [6, 6.07) is 10.3. The van der Waals surface area contributed by atoms with E-state index in [0.29, 0.717) is 22.6 Å². The minimum Gasteiger partial charge on any atom is -0.397 e. The Bertz CT molecular complexity index is 619. The minimum atomic E-state index is -0.237. The fourth-order valence-electron chi connectivity index (χ4n) is 1.64. The van der Waals surface area contributed by atoms with Crippen LogP contribution in [-0.4, -0.2) is 10.5 Å². The van der Waals surface area contributed by atoms with Gasteiger partial charge in [-0.2, -0.15) is 5.26 Å². The van der Waals surface area contributed by atoms with Gasteiger partial charge < -0.3 is 15.6 Å². The summed E-state index contributed by atoms with van der Waals surface area (Å²) in [5.74, 6) is -0.237. The SMILES string of the molecule is Cn1cc(N)cc1C(=O)Nc1ccc(C#N)cc1. The molecule has 2 aromatic rings. The summed E-state index contributed by atoms with van der Waals surface area (Å²) in [5, 5.41) is 11.4. The van der Waals surface area contributed by atoms with Crippen LogP contribution in [0.4, 0.5) is 11.4 Å². The second kappa shape index (κ2) is 4.63. The van der Waals surface area contributed by atoms with Crippen LogP contribution in [0.3, 0.4) is 0 Å². The Morgan fingerprint density at radius 2 is 2.06 bits per heavy atom. The monoisotopic (exact) mass is 240 g/mol. The number of nitrogens with one attached hydrogen (secondary N) is 1. The van der Waals surface area contributed by atoms with Gasteiger partial charge in [0.05, 0.1) is 17.3 Å². The van der Waals surface area contributed by atoms with Crippen LogP contribution in [0, 0.1) is 11.3 Å². The van der Waals surface area contributed by atoms with Gasteiger partial charge in [-0.05, 0) is 30.3 Å². The molecule has 1 aromatic heterocycles. The number of carbonyl (C=O) groups excluding carboxylic acids is 1. The maximum atomic E-state index is 12.0. The number of nitrogens with zero attached hydrogens (tertiary/aromatic N) is 2. The van der Waals surface area contributed by atoms with Crippen LogP contribution in [0.1, 0.15) is 16.1 Å². The largest absolute Gasteiger partial charge is 0.397 e. The Morgan fingerprint density at radius 3 is 2.56 bits per heavy atom. The van der Waals surface area contributed by atoms with E-state index < -0.39 is 0 Å². The second-order valence-electron chi connectivity index (χ2n) is 3.91. The fraction of sp³-hybridized carbons (Fsp3) is 0.0769. The molecule has 0 saturated carbocycles. The highest BCUT2D eigenvalue weighted by Gasteiger charge is 2.10. The van der Waals surface area contributed by atoms with Gasteiger partial charge in [-0.15, -0.1) is 0 Å². The third-order valence-electron chi connectivity index (χ3n) is 2.53. The molecule has 5 nitrogen and oxygen atoms in total. The van der Waals surface area contributed by atoms with Crippen LogP contribution in [0.2, 0.25) is 0 Å². The molecule has 0 radical (unpaired) electrons. The maximum absolute atomic E-state index is 12.0. The Balaban J connectivity index is 2.16. The van der Waals surface area contributed by atoms with E-state index >= 15 is 0 Å². The Kier molecular flexibility index (Phi) is 3.02. The number of nitrogens with two attached hydrogens (primary N) is 1. The van der Waals surface area contributed by atoms with E-state index in [1.807, 2.05) is 6.07 Å². The van der Waals surface area contributed by atoms with Crippen molar-refractivity contribution in [3.05, 3.63) is 47.8 Å². The number of hydrogen-bond donors (Lipinski definition) is 2. The molecule has 0 saturated heterocycles. The molecule has 0 aliphatic rings. The second-order valence-corrected chi connectivity index (χ2v) is 3.91. The Hall–Kier alpha value is -2.74. The first-order valence-corrected chi connectivity index (χ1v) is 5.33. The van der Waals surface area contributed by atoms with Gasteiger partial charge in [0.25, 0.3) is 5.91 Å². The lowest BCUT2D eigenvalue weighted by Crippen LogP contribution is -2.15. The first-order chi connectivity index (χ1) is 8.60. The van der Waals surface area contributed by atoms with Crippen molar-refractivity contribution in [1.82, 2.24) is 4.57 Å². The smallest absolute Gasteiger partial charge is 0.272 e. The number of nitriles is 1. The van der Waals surface area contributed by atoms with Gasteiger partial charge >= 0.3 is 0 Å². The quantitative estimate of drug-likeness (QED) is 0.838. The van der Waals surface area contributed by atoms with Gasteiger partial charge in [-0.25, -0.2) is 0 Å². The van der Waals surface area contributed by atoms with E-state index in [4.69, 9.17) is 11.0 Å². The number of benzene rings is 1. The third-order valence-corrected chi connectivity index (χ3v) is 2.53. The molecule has 90 valence electrons. The van der Waals surface area contributed by atoms with Crippen molar-refractivity contribution in [2.45, 2.75) is 0 Å². The maximum Gasteiger partial charge on any atom is 0.272 e. The van der Waals surface area contributed by atoms with E-state index in [1.54, 1.807) is 48.1 Å². The van der Waals surface area contributed by atoms with Crippen LogP contribution < -0.4 is 11.1 Å². The zero-order valence-corrected chi connectivity index (χ0v) is 9.84. The highest BCUT2D eigenvalue weighted by atomic mass is 16.1. The number of carbonyl (C=O) groups is 1. The van der Waals surface area contributed by atoms with Crippen LogP contribution in [0.5, 0.6) is 0 Å². The molecule has 0 aliphatic carbocycles. The molecule has 3 N–H and O–H groups in total. The third kappa shape index (κ3) is 2.33. The topological polar surface area (TPSA) is 83.8 Å². The molecule has 0 atom stereocenters. The molecule has 1 aromatic carbocycles. The zero-order valence-electron chi connectivity index (χ0n) is 9.84. The number of aryl methyl sites for hydroxylation is 1. The van der Waals surface area contributed by atoms with Gasteiger partial charge in [0.1, 0.15) is 5.69 Å². The van der Waals surface area contributed by atoms with Gasteiger partial charge in [-0.1, -0.05) is 0 Å². The average molecular weight is 240 g/mol. The normalized spacial score (nSPS) is 9.78. The summed E-state index contributed by atoms with van der Waals surface area (Å²) in [6.07, 6.45) is 1.67. The molecular weight excluding hydrogens is 228 g/mol. The van der Waals surface area contributed by atoms with Crippen molar-refractivity contribution in [2.24, 2.45) is 7.05 Å². The average Bonchev–Trinajstić information content (AvgIpc) is 2.69. The van der Waals surface area contributed by atoms with E-state index in [0.717, 1.165) is 0 Å². The molecule has 2 rings (SSSR count). The molecule has 0 fully saturated rings. The lowest BCUT2D eigenvalue weighted by molar-refractivity contribution is 0.101. The molecule has 1 heterocycles. The van der Waals surface area contributed by atoms with E-state index in [9.17, 15) is 4.79 Å². The zero-order chi connectivity index (χ0) is 13.1. The van der Waals surface area contributed by atoms with Crippen molar-refractivity contribution in [1.29, 1.82) is 5.26 Å². The fourth-order valence-corrected chi connectivity index (χ4v) is 1.64. The molecule has 0 spiro atoms. The first kappa shape index (κ1) is 11.7. The van der Waals surface area contributed by atoms with E-state index in [2.05, 4.69) is 5.32 Å². The number of rotatable bonds is 2. The highest BCUT2D eigenvalue weighted by Crippen LogP contribution is 2.13. The van der Waals surface area contributed by atoms with Crippen LogP contribution in [0.25, 0.3) is 0 Å². The van der Waals surface area contributed by atoms with Crippen molar-refractivity contribution in [3.8, 4) is 6.07 Å². The number of amides is 1. The van der Waals surface area contributed by atoms with Crippen molar-refractivity contribution in [3.63, 3.8) is 0 Å². The summed E-state index contributed by atoms with van der Waals surface area (Å²) in [5.41, 5.74) is 7.83. The van der Waals surface area contributed by atoms with Gasteiger partial charge in [0.15, 0.2) is 0 Å². The highest BCUT2D eigenvalue weighted by molar-refractivity contribution is 6.03. The summed E-state index contributed by atoms with van der Waals surface area (Å²) < 4.78 is 1.66. The van der Waals surface area contributed by atoms with Gasteiger partial charge in [-0.3, -0.25) is 4.79 Å². The molecular formula is C13H12N4O. The lowest BCUT2D eigenvalue weighted by atomic mass is 10.2. The molecule has 5 heteroatoms. The predicted octanol–water partition coefficient (Wildman–Crippen LogP) is 1.73. The van der Waals surface area contributed by atoms with Crippen molar-refractivity contribution < 1.29 is 4.79 Å². The number of nitrogen functional groups attached to an aromatic ring is 1. The summed E-state index contributed by atoms with van der Waals surface area (Å²) in [6.45, 7) is 0. The predicted molar refractivity (Wildman–Crippen MR) is 68.9 cm³/mol. The number of anilines is 2. The van der Waals surface area contributed by atoms with Crippen LogP contribution in [-0.2, 0) is 7.05 Å². The molecule has 18 heavy (non-hydrogen) atoms. The summed E-state index contributed by atoms with van der Waals surface area (Å²) in [7, 11) is 1.75. The Labute approximate surface area is 104 Å². The molecule has 0 aliphatic heterocycles. The lowest BCUT2D eigenvalue weighted by Gasteiger charge is -2.05. The summed E-state index contributed by atoms with van der Waals surface area (Å²) in [4.78, 5) is 12.0. The summed E-state index contributed by atoms with van der Waals surface area (Å²) >= 11 is 0. The van der Waals surface area contributed by atoms with E-state index in [1.165, 1.54) is 0 Å². The van der Waals surface area contributed by atoms with Gasteiger partial charge in [0.2, 0.25) is 0 Å². The number of aromatic nitrogens is 1. The molecule has 0 unspecified atom stereocenters. The molecule has 0 bridgehead atoms. The first-order valence-electron chi connectivity index (χ1n) is 5.33. The minimum absolute atomic E-state index is 0.237.